The number of carbonyl (C=O) groups is 3. The van der Waals surface area contributed by atoms with Gasteiger partial charge in [-0.1, -0.05) is 73.5 Å². The largest absolute Gasteiger partial charge is 1.00 e. The Morgan fingerprint density at radius 1 is 0.545 bits per heavy atom. The third-order valence-electron chi connectivity index (χ3n) is 19.0. The number of likely N-dealkylation sites (tertiary alicyclic amines) is 2. The molecule has 5 aliphatic rings. The number of nitrogens with zero attached hydrogens (tertiary/aromatic N) is 5. The summed E-state index contributed by atoms with van der Waals surface area (Å²) in [5.74, 6) is 4.93. The van der Waals surface area contributed by atoms with E-state index in [0.29, 0.717) is 12.5 Å². The third kappa shape index (κ3) is 18.1. The van der Waals surface area contributed by atoms with Gasteiger partial charge in [-0.25, -0.2) is 24.5 Å². The second-order valence-electron chi connectivity index (χ2n) is 29.5. The van der Waals surface area contributed by atoms with E-state index < -0.39 is 18.3 Å². The van der Waals surface area contributed by atoms with Gasteiger partial charge in [-0.3, -0.25) is 14.6 Å². The minimum Gasteiger partial charge on any atom is -1.00 e. The number of nitrogens with one attached hydrogen (secondary N) is 3. The van der Waals surface area contributed by atoms with E-state index in [1.807, 2.05) is 102 Å². The van der Waals surface area contributed by atoms with Crippen LogP contribution in [0.1, 0.15) is 185 Å². The molecule has 1 aliphatic carbocycles. The normalized spacial score (nSPS) is 19.1. The molecule has 0 radical (unpaired) electrons. The first-order valence-corrected chi connectivity index (χ1v) is 34.2. The number of aromatic amines is 3. The smallest absolute Gasteiger partial charge is 1.00 e. The van der Waals surface area contributed by atoms with E-state index in [2.05, 4.69) is 155 Å². The summed E-state index contributed by atoms with van der Waals surface area (Å²) in [6.45, 7) is 29.0. The minimum atomic E-state index is -0.530. The van der Waals surface area contributed by atoms with Gasteiger partial charge in [-0.2, -0.15) is 0 Å². The van der Waals surface area contributed by atoms with E-state index in [0.717, 1.165) is 132 Å². The van der Waals surface area contributed by atoms with E-state index in [1.165, 1.54) is 25.7 Å². The maximum Gasteiger partial charge on any atom is 1.00 e. The molecule has 21 nitrogen and oxygen atoms in total. The molecule has 5 fully saturated rings. The van der Waals surface area contributed by atoms with Crippen molar-refractivity contribution in [3.63, 3.8) is 0 Å². The molecule has 4 saturated heterocycles. The van der Waals surface area contributed by atoms with Crippen LogP contribution in [0.2, 0.25) is 0 Å². The molecule has 514 valence electrons. The number of ether oxygens (including phenoxy) is 2. The second-order valence-corrected chi connectivity index (χ2v) is 30.3. The van der Waals surface area contributed by atoms with Crippen LogP contribution in [0.15, 0.2) is 129 Å². The SMILES string of the molecule is CC(C)(C)OC(=O)N1CCC[C@H]1c1ncc(-c2ccc3oc(-c4ccc(-c5cnc(C6CCCC6)[nH]5)cc4)cc3c2)[nH]1.CC(C)(C)OC(=O)N1CCC[C@H]1c1ncc(Br)[nH]1.CC1(C)OB(c2ccc(-c3cc4cc(B5OC(C)(C)C(C)(C)O5)ccc4o3)cc2)OC1(C)C.O=CO[O-].[H-].[Na+].[Na+]. The van der Waals surface area contributed by atoms with Crippen molar-refractivity contribution >= 4 is 81.7 Å². The molecular weight excluding hydrogens is 1340 g/mol. The monoisotopic (exact) mass is 1430 g/mol. The topological polar surface area (TPSA) is 258 Å². The molecule has 99 heavy (non-hydrogen) atoms. The number of H-pyrrole nitrogens is 3. The molecule has 0 bridgehead atoms. The molecule has 2 atom stereocenters. The number of hydrogen-bond donors (Lipinski definition) is 3. The van der Waals surface area contributed by atoms with Gasteiger partial charge in [0.05, 0.1) is 64.5 Å². The predicted molar refractivity (Wildman–Crippen MR) is 375 cm³/mol. The molecule has 0 unspecified atom stereocenters. The van der Waals surface area contributed by atoms with Gasteiger partial charge in [0.25, 0.3) is 6.47 Å². The number of furan rings is 2. The first-order valence-electron chi connectivity index (χ1n) is 33.4. The van der Waals surface area contributed by atoms with E-state index >= 15 is 0 Å². The first-order chi connectivity index (χ1) is 45.9. The summed E-state index contributed by atoms with van der Waals surface area (Å²) in [5.41, 5.74) is 7.35. The Hall–Kier alpha value is -5.99. The zero-order chi connectivity index (χ0) is 69.4. The van der Waals surface area contributed by atoms with Crippen LogP contribution >= 0.6 is 15.9 Å². The number of benzene rings is 4. The van der Waals surface area contributed by atoms with Crippen LogP contribution in [0.5, 0.6) is 0 Å². The van der Waals surface area contributed by atoms with Gasteiger partial charge in [0, 0.05) is 46.5 Å². The van der Waals surface area contributed by atoms with E-state index in [4.69, 9.17) is 47.0 Å². The van der Waals surface area contributed by atoms with Gasteiger partial charge in [-0.15, -0.1) is 0 Å². The van der Waals surface area contributed by atoms with Gasteiger partial charge in [0.1, 0.15) is 56.0 Å². The fourth-order valence-electron chi connectivity index (χ4n) is 12.5. The molecule has 9 aromatic rings. The minimum absolute atomic E-state index is 0. The van der Waals surface area contributed by atoms with Crippen LogP contribution in [-0.4, -0.2) is 119 Å². The summed E-state index contributed by atoms with van der Waals surface area (Å²) in [7, 11) is -0.765. The third-order valence-corrected chi connectivity index (χ3v) is 19.4. The zero-order valence-corrected chi connectivity index (χ0v) is 65.5. The zero-order valence-electron chi connectivity index (χ0n) is 60.9. The van der Waals surface area contributed by atoms with Gasteiger partial charge in [0.2, 0.25) is 0 Å². The van der Waals surface area contributed by atoms with E-state index in [1.54, 1.807) is 16.0 Å². The van der Waals surface area contributed by atoms with Crippen molar-refractivity contribution in [2.24, 2.45) is 0 Å². The predicted octanol–water partition coefficient (Wildman–Crippen LogP) is 9.11. The molecule has 4 aromatic carbocycles. The summed E-state index contributed by atoms with van der Waals surface area (Å²) < 4.78 is 49.0. The van der Waals surface area contributed by atoms with Crippen molar-refractivity contribution in [1.29, 1.82) is 0 Å². The quantitative estimate of drug-likeness (QED) is 0.0499. The molecule has 14 rings (SSSR count). The van der Waals surface area contributed by atoms with Gasteiger partial charge >= 0.3 is 85.5 Å². The molecule has 3 N–H and O–H groups in total. The van der Waals surface area contributed by atoms with Crippen LogP contribution in [0, 0.1) is 0 Å². The summed E-state index contributed by atoms with van der Waals surface area (Å²) in [4.78, 5) is 63.4. The van der Waals surface area contributed by atoms with Crippen LogP contribution in [0.4, 0.5) is 9.59 Å². The average molecular weight is 1430 g/mol. The molecule has 4 aliphatic heterocycles. The Balaban J connectivity index is 0.000000195. The van der Waals surface area contributed by atoms with Gasteiger partial charge in [0.15, 0.2) is 0 Å². The van der Waals surface area contributed by atoms with E-state index in [-0.39, 0.29) is 121 Å². The molecule has 5 aromatic heterocycles. The number of carbonyl (C=O) groups excluding carboxylic acids is 3. The Morgan fingerprint density at radius 3 is 1.41 bits per heavy atom. The molecule has 2 amide bonds. The van der Waals surface area contributed by atoms with Crippen LogP contribution in [0.25, 0.3) is 67.1 Å². The van der Waals surface area contributed by atoms with Crippen LogP contribution in [0.3, 0.4) is 0 Å². The molecule has 1 saturated carbocycles. The molecule has 26 heteroatoms. The van der Waals surface area contributed by atoms with Crippen molar-refractivity contribution in [2.45, 2.75) is 200 Å². The molecular formula is C73H89B2BrN8Na2O13. The van der Waals surface area contributed by atoms with Gasteiger partial charge < -0.3 is 63.4 Å². The molecule has 9 heterocycles. The van der Waals surface area contributed by atoms with E-state index in [9.17, 15) is 9.59 Å². The summed E-state index contributed by atoms with van der Waals surface area (Å²) in [5, 5.41) is 10.5. The van der Waals surface area contributed by atoms with Crippen molar-refractivity contribution in [1.82, 2.24) is 39.7 Å². The Labute approximate surface area is 634 Å². The van der Waals surface area contributed by atoms with Gasteiger partial charge in [-0.05, 0) is 204 Å². The second kappa shape index (κ2) is 31.3. The first kappa shape index (κ1) is 77.2. The van der Waals surface area contributed by atoms with Crippen molar-refractivity contribution in [3.05, 3.63) is 138 Å². The Morgan fingerprint density at radius 2 is 0.939 bits per heavy atom. The number of halogens is 1. The Kier molecular flexibility index (Phi) is 24.4. The van der Waals surface area contributed by atoms with Crippen molar-refractivity contribution in [2.75, 3.05) is 13.1 Å². The van der Waals surface area contributed by atoms with Crippen LogP contribution < -0.4 is 75.3 Å². The fourth-order valence-corrected chi connectivity index (χ4v) is 12.8. The molecule has 0 spiro atoms. The van der Waals surface area contributed by atoms with Crippen molar-refractivity contribution < 1.29 is 122 Å². The fraction of sp³-hybridized carbons (Fsp3) is 0.452. The number of rotatable bonds is 10. The summed E-state index contributed by atoms with van der Waals surface area (Å²) in [6.07, 6.45) is 13.7. The van der Waals surface area contributed by atoms with Crippen molar-refractivity contribution in [3.8, 4) is 45.2 Å². The standard InChI is InChI=1S/C34H37N5O3.C26H32B2O5.C12H18BrN3O2.CH2O3.2Na.H/c1-34(2,3)42-33(40)39-16-6-9-28(39)32-36-20-27(38-32)24-14-15-29-25(17-24)18-30(41-29)22-12-10-21(11-13-22)26-19-35-31(37-26)23-7-4-5-8-23;1-23(2)24(3,4)31-27(30-23)19-11-9-17(10-12-19)22-16-18-15-20(13-14-21(18)29-22)28-32-25(5,6)26(7,8)33-28;1-12(2,3)18-11(17)16-6-4-5-8(16)10-14-7-9(13)15-10;2-1-4-3;;;/h10-15,17-20,23,28H,4-9,16H2,1-3H3,(H,35,37)(H,36,38);9-16H,1-8H3;7-8H,4-6H2,1-3H3,(H,14,15);1,3H;;;/q;;;;2*+1;-1/p-1/t28-;;8-;;;;/m0.0..../s1. The summed E-state index contributed by atoms with van der Waals surface area (Å²) >= 11 is 3.33. The number of amides is 2. The number of fused-ring (bicyclic) bond motifs is 2. The average Bonchev–Trinajstić information content (AvgIpc) is 1.63. The number of imidazole rings is 3. The maximum atomic E-state index is 12.8. The van der Waals surface area contributed by atoms with Crippen LogP contribution in [-0.2, 0) is 37.8 Å². The Bertz CT molecular complexity index is 4200. The maximum absolute atomic E-state index is 12.8. The number of aromatic nitrogens is 6. The number of hydrogen-bond acceptors (Lipinski definition) is 16. The summed E-state index contributed by atoms with van der Waals surface area (Å²) in [6, 6.07) is 32.9.